The van der Waals surface area contributed by atoms with Crippen LogP contribution in [0.1, 0.15) is 87.6 Å². The molecule has 0 aromatic heterocycles. The number of rotatable bonds is 13. The first-order chi connectivity index (χ1) is 11.6. The fourth-order valence-electron chi connectivity index (χ4n) is 2.83. The number of carbonyl (C=O) groups is 2. The Morgan fingerprint density at radius 2 is 1.54 bits per heavy atom. The monoisotopic (exact) mass is 332 g/mol. The summed E-state index contributed by atoms with van der Waals surface area (Å²) in [6, 6.07) is 7.45. The van der Waals surface area contributed by atoms with Crippen LogP contribution in [0.4, 0.5) is 0 Å². The van der Waals surface area contributed by atoms with E-state index in [9.17, 15) is 14.7 Å². The second-order valence-corrected chi connectivity index (χ2v) is 6.59. The maximum Gasteiger partial charge on any atom is 0.191 e. The van der Waals surface area contributed by atoms with Crippen LogP contribution in [-0.4, -0.2) is 22.8 Å². The molecule has 1 rings (SSSR count). The van der Waals surface area contributed by atoms with Crippen LogP contribution >= 0.6 is 0 Å². The lowest BCUT2D eigenvalue weighted by Crippen LogP contribution is -2.23. The first-order valence-corrected chi connectivity index (χ1v) is 9.41. The molecular weight excluding hydrogens is 300 g/mol. The minimum atomic E-state index is -1.21. The molecule has 0 radical (unpaired) electrons. The van der Waals surface area contributed by atoms with Gasteiger partial charge in [-0.1, -0.05) is 70.2 Å². The fraction of sp³-hybridized carbons (Fsp3) is 0.619. The van der Waals surface area contributed by atoms with Crippen molar-refractivity contribution in [3.8, 4) is 0 Å². The van der Waals surface area contributed by atoms with Gasteiger partial charge in [-0.25, -0.2) is 0 Å². The standard InChI is InChI=1S/C21H32O3/c1-3-5-6-7-8-9-11-17-12-14-18(15-13-17)21(24)20(23)16-19(22)10-4-2/h12-15,20,23H,3-11,16H2,1-2H3. The van der Waals surface area contributed by atoms with Crippen molar-refractivity contribution in [3.63, 3.8) is 0 Å². The molecule has 134 valence electrons. The predicted octanol–water partition coefficient (Wildman–Crippen LogP) is 4.89. The number of hydrogen-bond acceptors (Lipinski definition) is 3. The highest BCUT2D eigenvalue weighted by atomic mass is 16.3. The van der Waals surface area contributed by atoms with Crippen LogP contribution in [0.3, 0.4) is 0 Å². The summed E-state index contributed by atoms with van der Waals surface area (Å²) in [4.78, 5) is 23.7. The van der Waals surface area contributed by atoms with E-state index in [1.165, 1.54) is 44.1 Å². The molecule has 0 aliphatic carbocycles. The van der Waals surface area contributed by atoms with Gasteiger partial charge in [0.1, 0.15) is 11.9 Å². The Balaban J connectivity index is 2.40. The van der Waals surface area contributed by atoms with E-state index in [4.69, 9.17) is 0 Å². The Morgan fingerprint density at radius 3 is 2.17 bits per heavy atom. The van der Waals surface area contributed by atoms with Crippen LogP contribution in [0, 0.1) is 0 Å². The topological polar surface area (TPSA) is 54.4 Å². The molecule has 0 saturated heterocycles. The number of benzene rings is 1. The quantitative estimate of drug-likeness (QED) is 0.413. The molecule has 3 nitrogen and oxygen atoms in total. The van der Waals surface area contributed by atoms with Gasteiger partial charge in [0.25, 0.3) is 0 Å². The Bertz CT molecular complexity index is 490. The highest BCUT2D eigenvalue weighted by molar-refractivity contribution is 6.01. The third kappa shape index (κ3) is 7.87. The van der Waals surface area contributed by atoms with Crippen LogP contribution < -0.4 is 0 Å². The molecule has 0 amide bonds. The lowest BCUT2D eigenvalue weighted by molar-refractivity contribution is -0.120. The van der Waals surface area contributed by atoms with E-state index in [0.717, 1.165) is 12.8 Å². The van der Waals surface area contributed by atoms with Gasteiger partial charge in [0.05, 0.1) is 0 Å². The third-order valence-electron chi connectivity index (χ3n) is 4.31. The van der Waals surface area contributed by atoms with Gasteiger partial charge in [-0.15, -0.1) is 0 Å². The maximum absolute atomic E-state index is 12.2. The fourth-order valence-corrected chi connectivity index (χ4v) is 2.83. The number of hydrogen-bond donors (Lipinski definition) is 1. The second-order valence-electron chi connectivity index (χ2n) is 6.59. The Kier molecular flexibility index (Phi) is 10.3. The van der Waals surface area contributed by atoms with Gasteiger partial charge in [-0.2, -0.15) is 0 Å². The van der Waals surface area contributed by atoms with Crippen LogP contribution in [-0.2, 0) is 11.2 Å². The molecule has 0 spiro atoms. The van der Waals surface area contributed by atoms with Gasteiger partial charge in [0, 0.05) is 18.4 Å². The van der Waals surface area contributed by atoms with Crippen molar-refractivity contribution in [3.05, 3.63) is 35.4 Å². The highest BCUT2D eigenvalue weighted by Crippen LogP contribution is 2.13. The van der Waals surface area contributed by atoms with Gasteiger partial charge in [0.15, 0.2) is 5.78 Å². The first-order valence-electron chi connectivity index (χ1n) is 9.41. The largest absolute Gasteiger partial charge is 0.384 e. The molecule has 1 N–H and O–H groups in total. The number of aryl methyl sites for hydroxylation is 1. The average molecular weight is 332 g/mol. The Hall–Kier alpha value is -1.48. The van der Waals surface area contributed by atoms with Crippen LogP contribution in [0.15, 0.2) is 24.3 Å². The normalized spacial score (nSPS) is 12.1. The molecule has 1 aromatic carbocycles. The SMILES string of the molecule is CCCCCCCCc1ccc(C(=O)C(O)CC(=O)CCC)cc1. The molecule has 1 unspecified atom stereocenters. The zero-order valence-electron chi connectivity index (χ0n) is 15.2. The summed E-state index contributed by atoms with van der Waals surface area (Å²) in [5.74, 6) is -0.413. The van der Waals surface area contributed by atoms with E-state index in [2.05, 4.69) is 6.92 Å². The average Bonchev–Trinajstić information content (AvgIpc) is 2.58. The van der Waals surface area contributed by atoms with Crippen molar-refractivity contribution < 1.29 is 14.7 Å². The van der Waals surface area contributed by atoms with E-state index in [0.29, 0.717) is 12.0 Å². The summed E-state index contributed by atoms with van der Waals surface area (Å²) in [6.07, 6.45) is 8.52. The molecule has 1 aromatic rings. The molecule has 0 fully saturated rings. The zero-order chi connectivity index (χ0) is 17.8. The molecule has 0 saturated carbocycles. The molecule has 3 heteroatoms. The predicted molar refractivity (Wildman–Crippen MR) is 98.4 cm³/mol. The molecule has 0 aliphatic rings. The maximum atomic E-state index is 12.2. The van der Waals surface area contributed by atoms with Crippen molar-refractivity contribution in [2.24, 2.45) is 0 Å². The molecule has 0 aliphatic heterocycles. The third-order valence-corrected chi connectivity index (χ3v) is 4.31. The number of carbonyl (C=O) groups excluding carboxylic acids is 2. The lowest BCUT2D eigenvalue weighted by atomic mass is 9.98. The minimum absolute atomic E-state index is 0.0574. The summed E-state index contributed by atoms with van der Waals surface area (Å²) in [6.45, 7) is 4.13. The molecule has 24 heavy (non-hydrogen) atoms. The summed E-state index contributed by atoms with van der Waals surface area (Å²) >= 11 is 0. The van der Waals surface area contributed by atoms with Gasteiger partial charge in [-0.05, 0) is 24.8 Å². The molecule has 0 heterocycles. The van der Waals surface area contributed by atoms with E-state index in [1.807, 2.05) is 19.1 Å². The van der Waals surface area contributed by atoms with Gasteiger partial charge in [0.2, 0.25) is 0 Å². The van der Waals surface area contributed by atoms with Crippen molar-refractivity contribution in [1.82, 2.24) is 0 Å². The van der Waals surface area contributed by atoms with Crippen molar-refractivity contribution >= 4 is 11.6 Å². The lowest BCUT2D eigenvalue weighted by Gasteiger charge is -2.09. The summed E-state index contributed by atoms with van der Waals surface area (Å²) in [5, 5.41) is 9.91. The zero-order valence-corrected chi connectivity index (χ0v) is 15.2. The minimum Gasteiger partial charge on any atom is -0.384 e. The smallest absolute Gasteiger partial charge is 0.191 e. The van der Waals surface area contributed by atoms with E-state index in [1.54, 1.807) is 12.1 Å². The van der Waals surface area contributed by atoms with E-state index in [-0.39, 0.29) is 18.0 Å². The number of unbranched alkanes of at least 4 members (excludes halogenated alkanes) is 5. The second kappa shape index (κ2) is 12.0. The van der Waals surface area contributed by atoms with Crippen molar-refractivity contribution in [2.75, 3.05) is 0 Å². The number of aliphatic hydroxyl groups excluding tert-OH is 1. The molecule has 1 atom stereocenters. The number of ketones is 2. The van der Waals surface area contributed by atoms with Crippen molar-refractivity contribution in [2.45, 2.75) is 84.2 Å². The van der Waals surface area contributed by atoms with Crippen LogP contribution in [0.5, 0.6) is 0 Å². The molecular formula is C21H32O3. The van der Waals surface area contributed by atoms with Gasteiger partial charge in [-0.3, -0.25) is 9.59 Å². The van der Waals surface area contributed by atoms with E-state index >= 15 is 0 Å². The summed E-state index contributed by atoms with van der Waals surface area (Å²) in [7, 11) is 0. The van der Waals surface area contributed by atoms with Gasteiger partial charge < -0.3 is 5.11 Å². The first kappa shape index (κ1) is 20.6. The van der Waals surface area contributed by atoms with Crippen LogP contribution in [0.2, 0.25) is 0 Å². The summed E-state index contributed by atoms with van der Waals surface area (Å²) < 4.78 is 0. The Morgan fingerprint density at radius 1 is 0.917 bits per heavy atom. The van der Waals surface area contributed by atoms with Crippen molar-refractivity contribution in [1.29, 1.82) is 0 Å². The van der Waals surface area contributed by atoms with Gasteiger partial charge >= 0.3 is 0 Å². The number of aliphatic hydroxyl groups is 1. The number of Topliss-reactive ketones (excluding diaryl/α,β-unsaturated/α-hetero) is 2. The molecule has 0 bridgehead atoms. The summed E-state index contributed by atoms with van der Waals surface area (Å²) in [5.41, 5.74) is 1.71. The van der Waals surface area contributed by atoms with E-state index < -0.39 is 6.10 Å². The van der Waals surface area contributed by atoms with Crippen LogP contribution in [0.25, 0.3) is 0 Å². The Labute approximate surface area is 146 Å². The highest BCUT2D eigenvalue weighted by Gasteiger charge is 2.19.